The second-order valence-corrected chi connectivity index (χ2v) is 6.27. The Bertz CT molecular complexity index is 499. The predicted octanol–water partition coefficient (Wildman–Crippen LogP) is 4.63. The summed E-state index contributed by atoms with van der Waals surface area (Å²) in [5.74, 6) is 0.969. The van der Waals surface area contributed by atoms with Crippen molar-refractivity contribution in [3.8, 4) is 5.75 Å². The lowest BCUT2D eigenvalue weighted by Crippen LogP contribution is -2.19. The lowest BCUT2D eigenvalue weighted by atomic mass is 9.84. The summed E-state index contributed by atoms with van der Waals surface area (Å²) in [4.78, 5) is 6.26. The van der Waals surface area contributed by atoms with Crippen molar-refractivity contribution in [3.63, 3.8) is 0 Å². The number of halogens is 2. The molecule has 0 radical (unpaired) electrons. The summed E-state index contributed by atoms with van der Waals surface area (Å²) in [5.41, 5.74) is 2.23. The van der Waals surface area contributed by atoms with Crippen LogP contribution >= 0.6 is 32.9 Å². The van der Waals surface area contributed by atoms with Gasteiger partial charge in [0, 0.05) is 6.54 Å². The van der Waals surface area contributed by atoms with Gasteiger partial charge in [-0.1, -0.05) is 19.3 Å². The molecule has 1 N–H and O–H groups in total. The molecule has 1 aliphatic heterocycles. The molecule has 0 unspecified atom stereocenters. The van der Waals surface area contributed by atoms with Crippen molar-refractivity contribution in [2.75, 3.05) is 18.0 Å². The molecule has 0 bridgehead atoms. The van der Waals surface area contributed by atoms with Crippen LogP contribution in [0.2, 0.25) is 0 Å². The number of anilines is 1. The van der Waals surface area contributed by atoms with Gasteiger partial charge in [0.2, 0.25) is 0 Å². The maximum Gasteiger partial charge on any atom is 0.153 e. The topological polar surface area (TPSA) is 35.8 Å². The normalized spacial score (nSPS) is 19.1. The molecule has 1 aromatic carbocycles. The fourth-order valence-corrected chi connectivity index (χ4v) is 3.53. The van der Waals surface area contributed by atoms with Crippen molar-refractivity contribution in [1.29, 1.82) is 0 Å². The van der Waals surface area contributed by atoms with E-state index in [-0.39, 0.29) is 17.0 Å². The van der Waals surface area contributed by atoms with E-state index < -0.39 is 0 Å². The second kappa shape index (κ2) is 6.94. The van der Waals surface area contributed by atoms with Gasteiger partial charge in [-0.25, -0.2) is 0 Å². The van der Waals surface area contributed by atoms with E-state index >= 15 is 0 Å². The Morgan fingerprint density at radius 1 is 1.20 bits per heavy atom. The van der Waals surface area contributed by atoms with Gasteiger partial charge in [0.1, 0.15) is 0 Å². The van der Waals surface area contributed by atoms with Gasteiger partial charge in [-0.2, -0.15) is 0 Å². The molecule has 1 aliphatic carbocycles. The first-order valence-electron chi connectivity index (χ1n) is 7.04. The number of nitrogens with zero attached hydrogens (tertiary/aromatic N) is 2. The number of phenolic OH excluding ortho intramolecular Hbond substituents is 1. The van der Waals surface area contributed by atoms with Crippen LogP contribution in [0, 0.1) is 0 Å². The first-order chi connectivity index (χ1) is 9.25. The molecule has 1 aromatic rings. The third-order valence-corrected chi connectivity index (χ3v) is 4.75. The maximum atomic E-state index is 10.2. The number of aliphatic imine (C=N–C) groups is 1. The molecule has 5 heteroatoms. The van der Waals surface area contributed by atoms with Crippen molar-refractivity contribution >= 4 is 44.9 Å². The number of hydrogen-bond acceptors (Lipinski definition) is 3. The minimum Gasteiger partial charge on any atom is -0.505 e. The Balaban J connectivity index is 0.00000147. The van der Waals surface area contributed by atoms with Crippen LogP contribution in [0.4, 0.5) is 5.69 Å². The van der Waals surface area contributed by atoms with E-state index in [1.54, 1.807) is 0 Å². The van der Waals surface area contributed by atoms with Crippen molar-refractivity contribution in [2.45, 2.75) is 38.0 Å². The molecule has 3 nitrogen and oxygen atoms in total. The first-order valence-corrected chi connectivity index (χ1v) is 7.84. The van der Waals surface area contributed by atoms with Crippen LogP contribution in [0.25, 0.3) is 0 Å². The van der Waals surface area contributed by atoms with Gasteiger partial charge in [0.25, 0.3) is 0 Å². The number of hydrogen-bond donors (Lipinski definition) is 1. The summed E-state index contributed by atoms with van der Waals surface area (Å²) in [6.07, 6.45) is 8.37. The molecule has 0 spiro atoms. The lowest BCUT2D eigenvalue weighted by Gasteiger charge is -2.25. The van der Waals surface area contributed by atoms with Crippen molar-refractivity contribution in [3.05, 3.63) is 22.2 Å². The van der Waals surface area contributed by atoms with E-state index in [1.165, 1.54) is 37.7 Å². The van der Waals surface area contributed by atoms with E-state index in [2.05, 4.69) is 33.1 Å². The van der Waals surface area contributed by atoms with Gasteiger partial charge in [-0.15, -0.1) is 17.0 Å². The van der Waals surface area contributed by atoms with Crippen LogP contribution < -0.4 is 4.90 Å². The standard InChI is InChI=1S/C15H19BrN2O.BrH/c16-13-8-12(11-4-2-1-3-5-11)9-14(15(13)19)18-7-6-17-10-18;/h8-11,19H,1-7H2;1H. The molecular formula is C15H20Br2N2O. The summed E-state index contributed by atoms with van der Waals surface area (Å²) < 4.78 is 0.797. The zero-order chi connectivity index (χ0) is 13.2. The summed E-state index contributed by atoms with van der Waals surface area (Å²) in [5, 5.41) is 10.2. The largest absolute Gasteiger partial charge is 0.505 e. The molecule has 110 valence electrons. The van der Waals surface area contributed by atoms with Gasteiger partial charge in [0.05, 0.1) is 23.0 Å². The van der Waals surface area contributed by atoms with Crippen LogP contribution in [0.3, 0.4) is 0 Å². The highest BCUT2D eigenvalue weighted by Gasteiger charge is 2.21. The van der Waals surface area contributed by atoms with E-state index in [4.69, 9.17) is 0 Å². The Morgan fingerprint density at radius 3 is 2.60 bits per heavy atom. The fraction of sp³-hybridized carbons (Fsp3) is 0.533. The van der Waals surface area contributed by atoms with Crippen LogP contribution in [-0.2, 0) is 0 Å². The highest BCUT2D eigenvalue weighted by molar-refractivity contribution is 9.10. The summed E-state index contributed by atoms with van der Waals surface area (Å²) >= 11 is 3.49. The third kappa shape index (κ3) is 3.19. The molecule has 0 saturated heterocycles. The first kappa shape index (κ1) is 15.8. The minimum atomic E-state index is 0. The zero-order valence-electron chi connectivity index (χ0n) is 11.4. The quantitative estimate of drug-likeness (QED) is 0.781. The van der Waals surface area contributed by atoms with Crippen LogP contribution in [0.15, 0.2) is 21.6 Å². The summed E-state index contributed by atoms with van der Waals surface area (Å²) in [7, 11) is 0. The van der Waals surface area contributed by atoms with E-state index in [1.807, 2.05) is 11.2 Å². The van der Waals surface area contributed by atoms with Gasteiger partial charge < -0.3 is 10.0 Å². The van der Waals surface area contributed by atoms with Gasteiger partial charge in [-0.05, 0) is 52.4 Å². The molecular weight excluding hydrogens is 384 g/mol. The van der Waals surface area contributed by atoms with Crippen molar-refractivity contribution in [2.24, 2.45) is 4.99 Å². The van der Waals surface area contributed by atoms with Gasteiger partial charge in [-0.3, -0.25) is 4.99 Å². The van der Waals surface area contributed by atoms with E-state index in [0.29, 0.717) is 11.7 Å². The Hall–Kier alpha value is -0.550. The SMILES string of the molecule is Br.Oc1c(Br)cc(C2CCCCC2)cc1N1C=NCC1. The van der Waals surface area contributed by atoms with Crippen molar-refractivity contribution in [1.82, 2.24) is 0 Å². The highest BCUT2D eigenvalue weighted by Crippen LogP contribution is 2.41. The predicted molar refractivity (Wildman–Crippen MR) is 92.7 cm³/mol. The van der Waals surface area contributed by atoms with Gasteiger partial charge >= 0.3 is 0 Å². The zero-order valence-corrected chi connectivity index (χ0v) is 14.7. The second-order valence-electron chi connectivity index (χ2n) is 5.42. The van der Waals surface area contributed by atoms with Gasteiger partial charge in [0.15, 0.2) is 5.75 Å². The fourth-order valence-electron chi connectivity index (χ4n) is 3.06. The Morgan fingerprint density at radius 2 is 1.95 bits per heavy atom. The molecule has 0 atom stereocenters. The van der Waals surface area contributed by atoms with Crippen LogP contribution in [-0.4, -0.2) is 24.5 Å². The molecule has 1 saturated carbocycles. The summed E-state index contributed by atoms with van der Waals surface area (Å²) in [6.45, 7) is 1.67. The number of rotatable bonds is 2. The Kier molecular flexibility index (Phi) is 5.49. The lowest BCUT2D eigenvalue weighted by molar-refractivity contribution is 0.441. The van der Waals surface area contributed by atoms with E-state index in [9.17, 15) is 5.11 Å². The number of phenols is 1. The Labute approximate surface area is 139 Å². The van der Waals surface area contributed by atoms with Crippen LogP contribution in [0.1, 0.15) is 43.6 Å². The molecule has 0 aromatic heterocycles. The van der Waals surface area contributed by atoms with E-state index in [0.717, 1.165) is 23.2 Å². The smallest absolute Gasteiger partial charge is 0.153 e. The maximum absolute atomic E-state index is 10.2. The molecule has 1 fully saturated rings. The highest BCUT2D eigenvalue weighted by atomic mass is 79.9. The molecule has 1 heterocycles. The number of benzene rings is 1. The van der Waals surface area contributed by atoms with Crippen LogP contribution in [0.5, 0.6) is 5.75 Å². The molecule has 0 amide bonds. The monoisotopic (exact) mass is 402 g/mol. The molecule has 2 aliphatic rings. The average molecular weight is 404 g/mol. The average Bonchev–Trinajstić information content (AvgIpc) is 2.96. The molecule has 20 heavy (non-hydrogen) atoms. The minimum absolute atomic E-state index is 0. The van der Waals surface area contributed by atoms with Crippen molar-refractivity contribution < 1.29 is 5.11 Å². The number of aromatic hydroxyl groups is 1. The third-order valence-electron chi connectivity index (χ3n) is 4.14. The summed E-state index contributed by atoms with van der Waals surface area (Å²) in [6, 6.07) is 4.23. The molecule has 3 rings (SSSR count).